The molecule has 2 nitrogen and oxygen atoms in total. The third-order valence-corrected chi connectivity index (χ3v) is 2.38. The Kier molecular flexibility index (Phi) is 0.504. The van der Waals surface area contributed by atoms with Gasteiger partial charge in [0.2, 0.25) is 0 Å². The van der Waals surface area contributed by atoms with Crippen LogP contribution in [0.15, 0.2) is 0 Å². The van der Waals surface area contributed by atoms with Gasteiger partial charge in [-0.2, -0.15) is 0 Å². The lowest BCUT2D eigenvalue weighted by Gasteiger charge is -1.82. The van der Waals surface area contributed by atoms with E-state index >= 15 is 0 Å². The first-order valence-electron chi connectivity index (χ1n) is 2.97. The Morgan fingerprint density at radius 3 is 2.38 bits per heavy atom. The van der Waals surface area contributed by atoms with Crippen molar-refractivity contribution < 1.29 is 9.90 Å². The van der Waals surface area contributed by atoms with Gasteiger partial charge in [-0.25, -0.2) is 0 Å². The summed E-state index contributed by atoms with van der Waals surface area (Å²) >= 11 is 0. The molecule has 8 heavy (non-hydrogen) atoms. The van der Waals surface area contributed by atoms with E-state index in [4.69, 9.17) is 5.11 Å². The molecule has 1 atom stereocenters. The molecule has 2 saturated carbocycles. The fourth-order valence-electron chi connectivity index (χ4n) is 1.41. The topological polar surface area (TPSA) is 37.3 Å². The first-order chi connectivity index (χ1) is 3.75. The molecule has 1 spiro atoms. The van der Waals surface area contributed by atoms with Crippen LogP contribution in [0.5, 0.6) is 0 Å². The highest BCUT2D eigenvalue weighted by atomic mass is 16.4. The SMILES string of the molecule is O=C(O)[C@@H]1CC12CC2. The van der Waals surface area contributed by atoms with E-state index in [1.54, 1.807) is 0 Å². The van der Waals surface area contributed by atoms with E-state index in [1.165, 1.54) is 12.8 Å². The van der Waals surface area contributed by atoms with E-state index in [-0.39, 0.29) is 5.92 Å². The lowest BCUT2D eigenvalue weighted by molar-refractivity contribution is -0.138. The van der Waals surface area contributed by atoms with E-state index in [1.807, 2.05) is 0 Å². The summed E-state index contributed by atoms with van der Waals surface area (Å²) in [5, 5.41) is 8.43. The first-order valence-corrected chi connectivity index (χ1v) is 2.97. The van der Waals surface area contributed by atoms with Crippen LogP contribution in [0.2, 0.25) is 0 Å². The van der Waals surface area contributed by atoms with Gasteiger partial charge in [-0.15, -0.1) is 0 Å². The van der Waals surface area contributed by atoms with Crippen LogP contribution in [0.3, 0.4) is 0 Å². The second-order valence-electron chi connectivity index (χ2n) is 2.96. The van der Waals surface area contributed by atoms with Crippen molar-refractivity contribution >= 4 is 5.97 Å². The van der Waals surface area contributed by atoms with E-state index in [2.05, 4.69) is 0 Å². The second-order valence-corrected chi connectivity index (χ2v) is 2.96. The van der Waals surface area contributed by atoms with Crippen LogP contribution in [0, 0.1) is 11.3 Å². The molecule has 0 amide bonds. The van der Waals surface area contributed by atoms with Crippen molar-refractivity contribution in [2.24, 2.45) is 11.3 Å². The van der Waals surface area contributed by atoms with Crippen molar-refractivity contribution in [3.63, 3.8) is 0 Å². The maximum atomic E-state index is 10.2. The van der Waals surface area contributed by atoms with Crippen molar-refractivity contribution in [3.8, 4) is 0 Å². The Morgan fingerprint density at radius 2 is 2.25 bits per heavy atom. The Balaban J connectivity index is 2.06. The monoisotopic (exact) mass is 112 g/mol. The van der Waals surface area contributed by atoms with E-state index in [0.717, 1.165) is 6.42 Å². The minimum Gasteiger partial charge on any atom is -0.481 e. The standard InChI is InChI=1S/C6H8O2/c7-5(8)4-3-6(4)1-2-6/h4H,1-3H2,(H,7,8)/t4-/m0/s1. The molecule has 0 aromatic heterocycles. The van der Waals surface area contributed by atoms with Crippen molar-refractivity contribution in [3.05, 3.63) is 0 Å². The quantitative estimate of drug-likeness (QED) is 0.546. The molecular weight excluding hydrogens is 104 g/mol. The van der Waals surface area contributed by atoms with Gasteiger partial charge in [-0.3, -0.25) is 4.79 Å². The molecule has 2 aliphatic rings. The van der Waals surface area contributed by atoms with Crippen LogP contribution in [0.1, 0.15) is 19.3 Å². The molecule has 0 saturated heterocycles. The molecule has 0 heterocycles. The summed E-state index contributed by atoms with van der Waals surface area (Å²) < 4.78 is 0. The zero-order chi connectivity index (χ0) is 5.78. The predicted octanol–water partition coefficient (Wildman–Crippen LogP) is 0.871. The number of aliphatic carboxylic acids is 1. The molecule has 0 aromatic rings. The third-order valence-electron chi connectivity index (χ3n) is 2.38. The van der Waals surface area contributed by atoms with Gasteiger partial charge in [0, 0.05) is 0 Å². The molecular formula is C6H8O2. The zero-order valence-corrected chi connectivity index (χ0v) is 4.55. The first kappa shape index (κ1) is 4.36. The number of carboxylic acids is 1. The molecule has 2 rings (SSSR count). The average molecular weight is 112 g/mol. The number of hydrogen-bond acceptors (Lipinski definition) is 1. The fraction of sp³-hybridized carbons (Fsp3) is 0.833. The fourth-order valence-corrected chi connectivity index (χ4v) is 1.41. The van der Waals surface area contributed by atoms with Gasteiger partial charge < -0.3 is 5.11 Å². The highest BCUT2D eigenvalue weighted by molar-refractivity contribution is 5.75. The molecule has 2 aliphatic carbocycles. The van der Waals surface area contributed by atoms with Crippen LogP contribution in [0.25, 0.3) is 0 Å². The summed E-state index contributed by atoms with van der Waals surface area (Å²) in [7, 11) is 0. The van der Waals surface area contributed by atoms with Crippen LogP contribution in [-0.4, -0.2) is 11.1 Å². The highest BCUT2D eigenvalue weighted by Crippen LogP contribution is 2.70. The predicted molar refractivity (Wildman–Crippen MR) is 27.4 cm³/mol. The molecule has 0 aromatic carbocycles. The van der Waals surface area contributed by atoms with Crippen LogP contribution < -0.4 is 0 Å². The Morgan fingerprint density at radius 1 is 1.62 bits per heavy atom. The van der Waals surface area contributed by atoms with Crippen LogP contribution in [0.4, 0.5) is 0 Å². The number of rotatable bonds is 1. The molecule has 2 heteroatoms. The second kappa shape index (κ2) is 0.925. The summed E-state index contributed by atoms with van der Waals surface area (Å²) in [5.74, 6) is -0.537. The van der Waals surface area contributed by atoms with Gasteiger partial charge in [0.25, 0.3) is 0 Å². The van der Waals surface area contributed by atoms with E-state index in [9.17, 15) is 4.79 Å². The summed E-state index contributed by atoms with van der Waals surface area (Å²) in [6, 6.07) is 0. The number of carbonyl (C=O) groups is 1. The van der Waals surface area contributed by atoms with Crippen molar-refractivity contribution in [2.75, 3.05) is 0 Å². The summed E-state index contributed by atoms with van der Waals surface area (Å²) in [4.78, 5) is 10.2. The van der Waals surface area contributed by atoms with Crippen LogP contribution in [-0.2, 0) is 4.79 Å². The van der Waals surface area contributed by atoms with Crippen molar-refractivity contribution in [1.29, 1.82) is 0 Å². The average Bonchev–Trinajstić information content (AvgIpc) is 2.50. The molecule has 1 N–H and O–H groups in total. The van der Waals surface area contributed by atoms with Crippen molar-refractivity contribution in [2.45, 2.75) is 19.3 Å². The lowest BCUT2D eigenvalue weighted by Crippen LogP contribution is -1.98. The summed E-state index contributed by atoms with van der Waals surface area (Å²) in [5.41, 5.74) is 0.339. The minimum atomic E-state index is -0.581. The maximum absolute atomic E-state index is 10.2. The summed E-state index contributed by atoms with van der Waals surface area (Å²) in [6.45, 7) is 0. The number of hydrogen-bond donors (Lipinski definition) is 1. The molecule has 44 valence electrons. The molecule has 0 bridgehead atoms. The molecule has 0 radical (unpaired) electrons. The zero-order valence-electron chi connectivity index (χ0n) is 4.55. The highest BCUT2D eigenvalue weighted by Gasteiger charge is 2.66. The van der Waals surface area contributed by atoms with E-state index in [0.29, 0.717) is 5.41 Å². The molecule has 0 unspecified atom stereocenters. The van der Waals surface area contributed by atoms with Gasteiger partial charge in [0.15, 0.2) is 0 Å². The molecule has 2 fully saturated rings. The Hall–Kier alpha value is -0.530. The minimum absolute atomic E-state index is 0.0440. The van der Waals surface area contributed by atoms with Gasteiger partial charge in [-0.1, -0.05) is 0 Å². The van der Waals surface area contributed by atoms with Gasteiger partial charge in [-0.05, 0) is 24.7 Å². The maximum Gasteiger partial charge on any atom is 0.307 e. The largest absolute Gasteiger partial charge is 0.481 e. The summed E-state index contributed by atoms with van der Waals surface area (Å²) in [6.07, 6.45) is 3.30. The lowest BCUT2D eigenvalue weighted by atomic mass is 10.3. The van der Waals surface area contributed by atoms with Crippen molar-refractivity contribution in [1.82, 2.24) is 0 Å². The third kappa shape index (κ3) is 0.358. The van der Waals surface area contributed by atoms with Gasteiger partial charge in [0.1, 0.15) is 0 Å². The van der Waals surface area contributed by atoms with Crippen LogP contribution >= 0.6 is 0 Å². The van der Waals surface area contributed by atoms with Gasteiger partial charge in [0.05, 0.1) is 5.92 Å². The normalized spacial score (nSPS) is 37.2. The number of carboxylic acid groups (broad SMARTS) is 1. The van der Waals surface area contributed by atoms with Gasteiger partial charge >= 0.3 is 5.97 Å². The molecule has 0 aliphatic heterocycles. The Bertz CT molecular complexity index is 147. The Labute approximate surface area is 47.5 Å². The van der Waals surface area contributed by atoms with E-state index < -0.39 is 5.97 Å². The smallest absolute Gasteiger partial charge is 0.307 e.